The molecule has 2 heterocycles. The summed E-state index contributed by atoms with van der Waals surface area (Å²) in [5.41, 5.74) is 1.85. The van der Waals surface area contributed by atoms with Crippen molar-refractivity contribution >= 4 is 22.6 Å². The van der Waals surface area contributed by atoms with Crippen molar-refractivity contribution in [3.05, 3.63) is 89.0 Å². The minimum Gasteiger partial charge on any atom is -0.478 e. The first-order valence-corrected chi connectivity index (χ1v) is 10.3. The van der Waals surface area contributed by atoms with Crippen LogP contribution in [0.25, 0.3) is 21.9 Å². The third-order valence-corrected chi connectivity index (χ3v) is 5.87. The van der Waals surface area contributed by atoms with Crippen LogP contribution >= 0.6 is 0 Å². The van der Waals surface area contributed by atoms with E-state index in [-0.39, 0.29) is 11.5 Å². The number of amides is 1. The minimum atomic E-state index is -1.34. The van der Waals surface area contributed by atoms with Gasteiger partial charge in [-0.25, -0.2) is 9.18 Å². The molecular weight excluding hydrogens is 423 g/mol. The third kappa shape index (κ3) is 3.40. The maximum Gasteiger partial charge on any atom is 0.338 e. The Hall–Kier alpha value is -4.51. The molecule has 0 atom stereocenters. The molecule has 1 N–H and O–H groups in total. The van der Waals surface area contributed by atoms with Crippen LogP contribution in [0.15, 0.2) is 60.7 Å². The second kappa shape index (κ2) is 7.88. The average Bonchev–Trinajstić information content (AvgIpc) is 3.25. The molecule has 1 amide bonds. The number of hydrogen-bond acceptors (Lipinski definition) is 4. The standard InChI is InChI=1S/C25H17FN4O3/c26-23-20(7-3-9-22(23)25(32)33)18-5-1-6-19-17(18)4-2-8-21(19)24(31)29-10-11-30-16(14-29)12-15(13-27)28-30/h1-9,12H,10-11,14H2,(H,32,33). The Morgan fingerprint density at radius 3 is 2.45 bits per heavy atom. The van der Waals surface area contributed by atoms with Crippen LogP contribution in [0.3, 0.4) is 0 Å². The van der Waals surface area contributed by atoms with Gasteiger partial charge in [0.2, 0.25) is 0 Å². The third-order valence-electron chi connectivity index (χ3n) is 5.87. The lowest BCUT2D eigenvalue weighted by atomic mass is 9.94. The molecule has 33 heavy (non-hydrogen) atoms. The Morgan fingerprint density at radius 1 is 0.970 bits per heavy atom. The van der Waals surface area contributed by atoms with E-state index in [1.165, 1.54) is 18.2 Å². The summed E-state index contributed by atoms with van der Waals surface area (Å²) in [4.78, 5) is 26.5. The Balaban J connectivity index is 1.57. The molecule has 0 radical (unpaired) electrons. The van der Waals surface area contributed by atoms with Crippen LogP contribution in [0.2, 0.25) is 0 Å². The second-order valence-corrected chi connectivity index (χ2v) is 7.76. The van der Waals surface area contributed by atoms with Crippen LogP contribution in [0.4, 0.5) is 4.39 Å². The Morgan fingerprint density at radius 2 is 1.67 bits per heavy atom. The van der Waals surface area contributed by atoms with Gasteiger partial charge in [-0.05, 0) is 34.5 Å². The predicted molar refractivity (Wildman–Crippen MR) is 118 cm³/mol. The summed E-state index contributed by atoms with van der Waals surface area (Å²) in [5.74, 6) is -2.33. The van der Waals surface area contributed by atoms with Gasteiger partial charge in [0.05, 0.1) is 24.3 Å². The van der Waals surface area contributed by atoms with Crippen molar-refractivity contribution in [3.8, 4) is 17.2 Å². The van der Waals surface area contributed by atoms with Gasteiger partial charge in [-0.1, -0.05) is 42.5 Å². The van der Waals surface area contributed by atoms with Crippen LogP contribution in [0.5, 0.6) is 0 Å². The predicted octanol–water partition coefficient (Wildman–Crippen LogP) is 4.07. The molecule has 4 aromatic rings. The first-order valence-electron chi connectivity index (χ1n) is 10.3. The van der Waals surface area contributed by atoms with Crippen LogP contribution in [-0.2, 0) is 13.1 Å². The quantitative estimate of drug-likeness (QED) is 0.518. The number of benzene rings is 3. The molecular formula is C25H17FN4O3. The van der Waals surface area contributed by atoms with E-state index in [1.807, 2.05) is 6.07 Å². The monoisotopic (exact) mass is 440 g/mol. The molecule has 1 aromatic heterocycles. The van der Waals surface area contributed by atoms with Gasteiger partial charge in [-0.15, -0.1) is 0 Å². The molecule has 0 spiro atoms. The highest BCUT2D eigenvalue weighted by molar-refractivity contribution is 6.10. The number of carbonyl (C=O) groups excluding carboxylic acids is 1. The van der Waals surface area contributed by atoms with Crippen molar-refractivity contribution in [2.24, 2.45) is 0 Å². The molecule has 8 heteroatoms. The number of aromatic carboxylic acids is 1. The van der Waals surface area contributed by atoms with Gasteiger partial charge in [0, 0.05) is 17.7 Å². The zero-order valence-corrected chi connectivity index (χ0v) is 17.3. The van der Waals surface area contributed by atoms with E-state index >= 15 is 0 Å². The minimum absolute atomic E-state index is 0.163. The molecule has 1 aliphatic rings. The number of hydrogen-bond donors (Lipinski definition) is 1. The number of carboxylic acid groups (broad SMARTS) is 1. The highest BCUT2D eigenvalue weighted by atomic mass is 19.1. The van der Waals surface area contributed by atoms with Gasteiger partial charge in [0.25, 0.3) is 5.91 Å². The SMILES string of the molecule is N#Cc1cc2n(n1)CCN(C(=O)c1cccc3c(-c4cccc(C(=O)O)c4F)cccc13)C2. The van der Waals surface area contributed by atoms with Crippen LogP contribution in [0.1, 0.15) is 32.1 Å². The molecule has 1 aliphatic heterocycles. The smallest absolute Gasteiger partial charge is 0.338 e. The van der Waals surface area contributed by atoms with Crippen molar-refractivity contribution in [2.45, 2.75) is 13.1 Å². The molecule has 0 saturated heterocycles. The molecule has 0 bridgehead atoms. The summed E-state index contributed by atoms with van der Waals surface area (Å²) in [7, 11) is 0. The van der Waals surface area contributed by atoms with Crippen molar-refractivity contribution in [1.29, 1.82) is 5.26 Å². The zero-order valence-electron chi connectivity index (χ0n) is 17.3. The Labute approximate surface area is 187 Å². The lowest BCUT2D eigenvalue weighted by Gasteiger charge is -2.28. The fourth-order valence-electron chi connectivity index (χ4n) is 4.30. The van der Waals surface area contributed by atoms with Crippen LogP contribution in [0, 0.1) is 17.1 Å². The van der Waals surface area contributed by atoms with E-state index in [4.69, 9.17) is 5.26 Å². The first-order chi connectivity index (χ1) is 16.0. The van der Waals surface area contributed by atoms with Crippen molar-refractivity contribution < 1.29 is 19.1 Å². The number of carbonyl (C=O) groups is 2. The second-order valence-electron chi connectivity index (χ2n) is 7.76. The van der Waals surface area contributed by atoms with Gasteiger partial charge in [-0.2, -0.15) is 10.4 Å². The summed E-state index contributed by atoms with van der Waals surface area (Å²) >= 11 is 0. The number of carboxylic acids is 1. The Kier molecular flexibility index (Phi) is 4.87. The van der Waals surface area contributed by atoms with Gasteiger partial charge in [0.1, 0.15) is 11.9 Å². The Bertz CT molecular complexity index is 1490. The lowest BCUT2D eigenvalue weighted by Crippen LogP contribution is -2.38. The topological polar surface area (TPSA) is 99.2 Å². The van der Waals surface area contributed by atoms with Crippen molar-refractivity contribution in [3.63, 3.8) is 0 Å². The van der Waals surface area contributed by atoms with E-state index in [9.17, 15) is 19.1 Å². The highest BCUT2D eigenvalue weighted by Gasteiger charge is 2.25. The maximum absolute atomic E-state index is 15.0. The fraction of sp³-hybridized carbons (Fsp3) is 0.120. The largest absolute Gasteiger partial charge is 0.478 e. The lowest BCUT2D eigenvalue weighted by molar-refractivity contribution is 0.0688. The number of nitriles is 1. The summed E-state index contributed by atoms with van der Waals surface area (Å²) in [6.07, 6.45) is 0. The van der Waals surface area contributed by atoms with Gasteiger partial charge < -0.3 is 10.0 Å². The normalized spacial score (nSPS) is 12.9. The summed E-state index contributed by atoms with van der Waals surface area (Å²) in [6.45, 7) is 1.27. The zero-order chi connectivity index (χ0) is 23.1. The van der Waals surface area contributed by atoms with Crippen LogP contribution in [-0.4, -0.2) is 38.2 Å². The van der Waals surface area contributed by atoms with Crippen LogP contribution < -0.4 is 0 Å². The highest BCUT2D eigenvalue weighted by Crippen LogP contribution is 2.33. The van der Waals surface area contributed by atoms with E-state index in [2.05, 4.69) is 5.10 Å². The van der Waals surface area contributed by atoms with Gasteiger partial charge in [-0.3, -0.25) is 9.48 Å². The van der Waals surface area contributed by atoms with Gasteiger partial charge in [0.15, 0.2) is 5.69 Å². The molecule has 0 unspecified atom stereocenters. The summed E-state index contributed by atoms with van der Waals surface area (Å²) in [5, 5.41) is 23.9. The molecule has 0 fully saturated rings. The molecule has 0 aliphatic carbocycles. The summed E-state index contributed by atoms with van der Waals surface area (Å²) in [6, 6.07) is 18.4. The number of aromatic nitrogens is 2. The molecule has 3 aromatic carbocycles. The first kappa shape index (κ1) is 20.4. The van der Waals surface area contributed by atoms with Crippen molar-refractivity contribution in [2.75, 3.05) is 6.54 Å². The molecule has 7 nitrogen and oxygen atoms in total. The van der Waals surface area contributed by atoms with Crippen molar-refractivity contribution in [1.82, 2.24) is 14.7 Å². The number of rotatable bonds is 3. The van der Waals surface area contributed by atoms with E-state index < -0.39 is 17.3 Å². The van der Waals surface area contributed by atoms with E-state index in [0.29, 0.717) is 47.2 Å². The molecule has 5 rings (SSSR count). The number of halogens is 1. The summed E-state index contributed by atoms with van der Waals surface area (Å²) < 4.78 is 16.7. The molecule has 162 valence electrons. The van der Waals surface area contributed by atoms with Gasteiger partial charge >= 0.3 is 5.97 Å². The maximum atomic E-state index is 15.0. The average molecular weight is 440 g/mol. The number of fused-ring (bicyclic) bond motifs is 2. The fourth-order valence-corrected chi connectivity index (χ4v) is 4.30. The molecule has 0 saturated carbocycles. The number of nitrogens with zero attached hydrogens (tertiary/aromatic N) is 4. The van der Waals surface area contributed by atoms with E-state index in [0.717, 1.165) is 5.69 Å². The van der Waals surface area contributed by atoms with E-state index in [1.54, 1.807) is 52.0 Å².